The lowest BCUT2D eigenvalue weighted by Gasteiger charge is -2.59. The third-order valence-corrected chi connectivity index (χ3v) is 10.8. The van der Waals surface area contributed by atoms with Gasteiger partial charge in [0.2, 0.25) is 0 Å². The molecule has 0 aromatic heterocycles. The van der Waals surface area contributed by atoms with Gasteiger partial charge in [0.05, 0.1) is 0 Å². The summed E-state index contributed by atoms with van der Waals surface area (Å²) in [4.78, 5) is 0. The lowest BCUT2D eigenvalue weighted by molar-refractivity contribution is -0.103. The Labute approximate surface area is 155 Å². The summed E-state index contributed by atoms with van der Waals surface area (Å²) in [6.45, 7) is 0. The molecule has 4 unspecified atom stereocenters. The van der Waals surface area contributed by atoms with Crippen LogP contribution < -0.4 is 0 Å². The number of hydrogen-bond acceptors (Lipinski definition) is 0. The first kappa shape index (κ1) is 16.0. The maximum absolute atomic E-state index is 1.69. The molecule has 4 atom stereocenters. The highest BCUT2D eigenvalue weighted by Gasteiger charge is 2.57. The van der Waals surface area contributed by atoms with Gasteiger partial charge in [0, 0.05) is 0 Å². The molecule has 0 aromatic carbocycles. The Balaban J connectivity index is 1.41. The van der Waals surface area contributed by atoms with Crippen LogP contribution in [0.15, 0.2) is 0 Å². The Morgan fingerprint density at radius 1 is 0.280 bits per heavy atom. The molecule has 25 heavy (non-hydrogen) atoms. The monoisotopic (exact) mass is 340 g/mol. The largest absolute Gasteiger partial charge is 0.0528 e. The molecule has 6 aliphatic carbocycles. The van der Waals surface area contributed by atoms with Crippen LogP contribution in [-0.2, 0) is 0 Å². The van der Waals surface area contributed by atoms with Crippen LogP contribution in [0.4, 0.5) is 0 Å². The molecule has 6 fully saturated rings. The van der Waals surface area contributed by atoms with Crippen LogP contribution in [0.5, 0.6) is 0 Å². The van der Waals surface area contributed by atoms with Crippen molar-refractivity contribution in [1.29, 1.82) is 0 Å². The predicted octanol–water partition coefficient (Wildman–Crippen LogP) is 7.08. The van der Waals surface area contributed by atoms with Crippen molar-refractivity contribution in [3.8, 4) is 0 Å². The van der Waals surface area contributed by atoms with E-state index in [4.69, 9.17) is 0 Å². The lowest BCUT2D eigenvalue weighted by Crippen LogP contribution is -2.52. The van der Waals surface area contributed by atoms with E-state index < -0.39 is 0 Å². The molecular formula is C25H40. The highest BCUT2D eigenvalue weighted by molar-refractivity contribution is 5.06. The first-order chi connectivity index (χ1) is 12.4. The topological polar surface area (TPSA) is 0 Å². The van der Waals surface area contributed by atoms with Gasteiger partial charge in [-0.2, -0.15) is 0 Å². The fraction of sp³-hybridized carbons (Fsp3) is 1.00. The van der Waals surface area contributed by atoms with Gasteiger partial charge in [0.1, 0.15) is 0 Å². The Hall–Kier alpha value is 0. The van der Waals surface area contributed by atoms with E-state index in [1.165, 1.54) is 23.7 Å². The van der Waals surface area contributed by atoms with Crippen LogP contribution >= 0.6 is 0 Å². The zero-order chi connectivity index (χ0) is 16.4. The standard InChI is InChI=1S/C25H40/c1-5-16-6-2-10-19-22(13-16)18(9-1)24-15-25(19)21-12-4-8-17-7-3-11-20(24)23(21)14-17/h16-25H,1-15H2. The summed E-state index contributed by atoms with van der Waals surface area (Å²) in [7, 11) is 0. The van der Waals surface area contributed by atoms with E-state index in [0.29, 0.717) is 0 Å². The maximum Gasteiger partial charge on any atom is -0.0349 e. The van der Waals surface area contributed by atoms with Crippen molar-refractivity contribution in [1.82, 2.24) is 0 Å². The van der Waals surface area contributed by atoms with Crippen LogP contribution in [-0.4, -0.2) is 0 Å². The molecule has 6 aliphatic rings. The highest BCUT2D eigenvalue weighted by Crippen LogP contribution is 2.65. The summed E-state index contributed by atoms with van der Waals surface area (Å²) in [6.07, 6.45) is 24.3. The van der Waals surface area contributed by atoms with Gasteiger partial charge in [-0.1, -0.05) is 51.4 Å². The molecule has 0 spiro atoms. The SMILES string of the molecule is C1CC2CCCC3C(C2)C(C1)C1CC3C2CCCC3CCCC1C2C3. The highest BCUT2D eigenvalue weighted by atomic mass is 14.6. The average molecular weight is 341 g/mol. The van der Waals surface area contributed by atoms with Crippen molar-refractivity contribution in [2.75, 3.05) is 0 Å². The van der Waals surface area contributed by atoms with Crippen molar-refractivity contribution in [2.45, 2.75) is 96.3 Å². The van der Waals surface area contributed by atoms with Crippen LogP contribution in [0.1, 0.15) is 96.3 Å². The van der Waals surface area contributed by atoms with Crippen LogP contribution in [0, 0.1) is 59.2 Å². The quantitative estimate of drug-likeness (QED) is 0.442. The molecule has 0 heteroatoms. The molecule has 6 rings (SSSR count). The van der Waals surface area contributed by atoms with Crippen molar-refractivity contribution in [3.05, 3.63) is 0 Å². The van der Waals surface area contributed by atoms with E-state index in [2.05, 4.69) is 0 Å². The van der Waals surface area contributed by atoms with Gasteiger partial charge in [-0.3, -0.25) is 0 Å². The fourth-order valence-corrected chi connectivity index (χ4v) is 10.1. The lowest BCUT2D eigenvalue weighted by atomic mass is 9.46. The van der Waals surface area contributed by atoms with E-state index >= 15 is 0 Å². The average Bonchev–Trinajstić information content (AvgIpc) is 3.12. The summed E-state index contributed by atoms with van der Waals surface area (Å²) >= 11 is 0. The van der Waals surface area contributed by atoms with Gasteiger partial charge < -0.3 is 0 Å². The molecule has 0 aliphatic heterocycles. The van der Waals surface area contributed by atoms with Crippen LogP contribution in [0.25, 0.3) is 0 Å². The molecule has 0 saturated heterocycles. The zero-order valence-electron chi connectivity index (χ0n) is 16.4. The predicted molar refractivity (Wildman–Crippen MR) is 104 cm³/mol. The smallest absolute Gasteiger partial charge is 0.0349 e. The summed E-state index contributed by atoms with van der Waals surface area (Å²) in [5.41, 5.74) is 0. The third-order valence-electron chi connectivity index (χ3n) is 10.8. The molecule has 0 N–H and O–H groups in total. The van der Waals surface area contributed by atoms with Crippen molar-refractivity contribution < 1.29 is 0 Å². The second kappa shape index (κ2) is 6.27. The Bertz CT molecular complexity index is 414. The first-order valence-electron chi connectivity index (χ1n) is 12.4. The molecular weight excluding hydrogens is 300 g/mol. The Morgan fingerprint density at radius 3 is 0.960 bits per heavy atom. The van der Waals surface area contributed by atoms with Gasteiger partial charge in [-0.15, -0.1) is 0 Å². The number of rotatable bonds is 0. The van der Waals surface area contributed by atoms with Gasteiger partial charge in [0.15, 0.2) is 0 Å². The minimum atomic E-state index is 1.13. The summed E-state index contributed by atoms with van der Waals surface area (Å²) in [5.74, 6) is 11.6. The summed E-state index contributed by atoms with van der Waals surface area (Å²) in [6, 6.07) is 0. The summed E-state index contributed by atoms with van der Waals surface area (Å²) < 4.78 is 0. The summed E-state index contributed by atoms with van der Waals surface area (Å²) in [5, 5.41) is 0. The van der Waals surface area contributed by atoms with Crippen molar-refractivity contribution >= 4 is 0 Å². The minimum Gasteiger partial charge on any atom is -0.0528 e. The van der Waals surface area contributed by atoms with Crippen molar-refractivity contribution in [2.24, 2.45) is 59.2 Å². The van der Waals surface area contributed by atoms with Crippen LogP contribution in [0.2, 0.25) is 0 Å². The molecule has 0 aromatic rings. The number of hydrogen-bond donors (Lipinski definition) is 0. The van der Waals surface area contributed by atoms with Gasteiger partial charge in [-0.05, 0) is 104 Å². The van der Waals surface area contributed by atoms with Gasteiger partial charge in [0.25, 0.3) is 0 Å². The Morgan fingerprint density at radius 2 is 0.600 bits per heavy atom. The second-order valence-corrected chi connectivity index (χ2v) is 11.5. The molecule has 0 heterocycles. The molecule has 0 amide bonds. The molecule has 6 bridgehead atoms. The van der Waals surface area contributed by atoms with Crippen LogP contribution in [0.3, 0.4) is 0 Å². The molecule has 0 nitrogen and oxygen atoms in total. The Kier molecular flexibility index (Phi) is 4.01. The van der Waals surface area contributed by atoms with E-state index in [1.54, 1.807) is 96.3 Å². The van der Waals surface area contributed by atoms with E-state index in [9.17, 15) is 0 Å². The second-order valence-electron chi connectivity index (χ2n) is 11.5. The van der Waals surface area contributed by atoms with Gasteiger partial charge in [-0.25, -0.2) is 0 Å². The van der Waals surface area contributed by atoms with E-state index in [0.717, 1.165) is 35.5 Å². The fourth-order valence-electron chi connectivity index (χ4n) is 10.1. The molecule has 140 valence electrons. The number of fused-ring (bicyclic) bond motifs is 8. The van der Waals surface area contributed by atoms with Crippen molar-refractivity contribution in [3.63, 3.8) is 0 Å². The van der Waals surface area contributed by atoms with E-state index in [-0.39, 0.29) is 0 Å². The zero-order valence-corrected chi connectivity index (χ0v) is 16.4. The minimum absolute atomic E-state index is 1.13. The normalized spacial score (nSPS) is 57.6. The third kappa shape index (κ3) is 2.51. The van der Waals surface area contributed by atoms with E-state index in [1.807, 2.05) is 0 Å². The van der Waals surface area contributed by atoms with Gasteiger partial charge >= 0.3 is 0 Å². The molecule has 0 radical (unpaired) electrons. The first-order valence-corrected chi connectivity index (χ1v) is 12.4. The molecule has 6 saturated carbocycles. The maximum atomic E-state index is 1.69.